The van der Waals surface area contributed by atoms with Crippen LogP contribution in [0.25, 0.3) is 66.1 Å². The normalized spacial score (nSPS) is 13.5. The van der Waals surface area contributed by atoms with E-state index in [1.165, 1.54) is 91.7 Å². The molecule has 1 aliphatic rings. The van der Waals surface area contributed by atoms with E-state index in [4.69, 9.17) is 0 Å². The molecule has 0 heterocycles. The van der Waals surface area contributed by atoms with E-state index in [1.54, 1.807) is 22.3 Å². The lowest BCUT2D eigenvalue weighted by atomic mass is 9.68. The summed E-state index contributed by atoms with van der Waals surface area (Å²) in [5.74, 6) is 0. The highest BCUT2D eigenvalue weighted by atomic mass is 14.4. The summed E-state index contributed by atoms with van der Waals surface area (Å²) in [6.07, 6.45) is 4.87. The minimum atomic E-state index is 0.00513. The highest BCUT2D eigenvalue weighted by Gasteiger charge is 2.33. The van der Waals surface area contributed by atoms with E-state index in [9.17, 15) is 0 Å². The minimum absolute atomic E-state index is 0.00513. The number of fused-ring (bicyclic) bond motifs is 3. The van der Waals surface area contributed by atoms with Gasteiger partial charge in [-0.2, -0.15) is 0 Å². The Bertz CT molecular complexity index is 2160. The van der Waals surface area contributed by atoms with Crippen LogP contribution in [0.2, 0.25) is 0 Å². The number of hydrogen-bond donors (Lipinski definition) is 0. The van der Waals surface area contributed by atoms with Crippen LogP contribution in [-0.4, -0.2) is 0 Å². The molecule has 7 aromatic rings. The second-order valence-corrected chi connectivity index (χ2v) is 16.3. The van der Waals surface area contributed by atoms with E-state index in [0.717, 1.165) is 0 Å². The Hall–Kier alpha value is -4.94. The average Bonchev–Trinajstić information content (AvgIpc) is 3.12. The van der Waals surface area contributed by atoms with E-state index in [2.05, 4.69) is 175 Å². The van der Waals surface area contributed by atoms with Crippen molar-refractivity contribution in [3.05, 3.63) is 156 Å². The Morgan fingerprint density at radius 3 is 0.900 bits per heavy atom. The number of rotatable bonds is 4. The van der Waals surface area contributed by atoms with Crippen LogP contribution in [0.15, 0.2) is 133 Å². The zero-order chi connectivity index (χ0) is 34.6. The van der Waals surface area contributed by atoms with E-state index >= 15 is 0 Å². The summed E-state index contributed by atoms with van der Waals surface area (Å²) in [6.45, 7) is 14.6. The Morgan fingerprint density at radius 2 is 0.620 bits per heavy atom. The van der Waals surface area contributed by atoms with Crippen LogP contribution >= 0.6 is 0 Å². The fourth-order valence-corrected chi connectivity index (χ4v) is 9.04. The first kappa shape index (κ1) is 32.3. The van der Waals surface area contributed by atoms with Crippen LogP contribution in [0.4, 0.5) is 0 Å². The predicted octanol–water partition coefficient (Wildman–Crippen LogP) is 14.1. The van der Waals surface area contributed by atoms with Crippen LogP contribution in [-0.2, 0) is 23.7 Å². The molecule has 0 radical (unpaired) electrons. The molecule has 0 bridgehead atoms. The van der Waals surface area contributed by atoms with E-state index < -0.39 is 0 Å². The third kappa shape index (κ3) is 5.47. The van der Waals surface area contributed by atoms with Gasteiger partial charge in [0.25, 0.3) is 0 Å². The maximum Gasteiger partial charge on any atom is -0.00141 e. The molecule has 50 heavy (non-hydrogen) atoms. The number of benzene rings is 7. The molecule has 0 aliphatic heterocycles. The molecule has 0 atom stereocenters. The van der Waals surface area contributed by atoms with Gasteiger partial charge in [-0.25, -0.2) is 0 Å². The number of hydrogen-bond acceptors (Lipinski definition) is 0. The molecule has 0 unspecified atom stereocenters. The van der Waals surface area contributed by atoms with Gasteiger partial charge in [-0.3, -0.25) is 0 Å². The molecule has 0 N–H and O–H groups in total. The summed E-state index contributed by atoms with van der Waals surface area (Å²) in [5.41, 5.74) is 16.5. The van der Waals surface area contributed by atoms with Crippen LogP contribution in [0, 0.1) is 0 Å². The quantitative estimate of drug-likeness (QED) is 0.167. The monoisotopic (exact) mass is 648 g/mol. The van der Waals surface area contributed by atoms with Gasteiger partial charge in [0, 0.05) is 0 Å². The van der Waals surface area contributed by atoms with Crippen LogP contribution in [0.1, 0.15) is 76.6 Å². The van der Waals surface area contributed by atoms with Gasteiger partial charge in [-0.15, -0.1) is 0 Å². The average molecular weight is 649 g/mol. The van der Waals surface area contributed by atoms with Crippen molar-refractivity contribution in [2.24, 2.45) is 0 Å². The summed E-state index contributed by atoms with van der Waals surface area (Å²) < 4.78 is 0. The fourth-order valence-electron chi connectivity index (χ4n) is 9.04. The highest BCUT2D eigenvalue weighted by Crippen LogP contribution is 2.53. The van der Waals surface area contributed by atoms with Crippen molar-refractivity contribution in [1.82, 2.24) is 0 Å². The third-order valence-electron chi connectivity index (χ3n) is 10.8. The van der Waals surface area contributed by atoms with Gasteiger partial charge >= 0.3 is 0 Å². The molecule has 0 spiro atoms. The molecule has 0 heteroatoms. The summed E-state index contributed by atoms with van der Waals surface area (Å²) in [4.78, 5) is 0. The van der Waals surface area contributed by atoms with Crippen molar-refractivity contribution in [1.29, 1.82) is 0 Å². The van der Waals surface area contributed by atoms with Crippen LogP contribution in [0.3, 0.4) is 0 Å². The first-order valence-electron chi connectivity index (χ1n) is 18.5. The van der Waals surface area contributed by atoms with Crippen molar-refractivity contribution < 1.29 is 0 Å². The van der Waals surface area contributed by atoms with Crippen molar-refractivity contribution in [3.8, 4) is 44.5 Å². The lowest BCUT2D eigenvalue weighted by Crippen LogP contribution is -2.24. The lowest BCUT2D eigenvalue weighted by molar-refractivity contribution is 0.553. The van der Waals surface area contributed by atoms with Crippen LogP contribution in [0.5, 0.6) is 0 Å². The molecular weight excluding hydrogens is 601 g/mol. The molecule has 248 valence electrons. The zero-order valence-corrected chi connectivity index (χ0v) is 30.5. The third-order valence-corrected chi connectivity index (χ3v) is 10.8. The second kappa shape index (κ2) is 12.4. The first-order valence-corrected chi connectivity index (χ1v) is 18.5. The zero-order valence-electron chi connectivity index (χ0n) is 30.5. The molecular formula is C50H48. The topological polar surface area (TPSA) is 0 Å². The van der Waals surface area contributed by atoms with Crippen molar-refractivity contribution in [2.45, 2.75) is 78.1 Å². The molecule has 7 aromatic carbocycles. The molecule has 0 saturated carbocycles. The van der Waals surface area contributed by atoms with Gasteiger partial charge in [-0.05, 0) is 137 Å². The molecule has 0 fully saturated rings. The van der Waals surface area contributed by atoms with Gasteiger partial charge < -0.3 is 0 Å². The van der Waals surface area contributed by atoms with Gasteiger partial charge in [0.1, 0.15) is 0 Å². The van der Waals surface area contributed by atoms with Gasteiger partial charge in [0.05, 0.1) is 0 Å². The van der Waals surface area contributed by atoms with E-state index in [0.29, 0.717) is 0 Å². The summed E-state index contributed by atoms with van der Waals surface area (Å²) in [7, 11) is 0. The standard InChI is InChI=1S/C50H48/c1-49(2,3)47-37-29-19-20-30-38(37)48(50(4,5)6)42-32-40-39(31-41(42)47)43(33-21-11-7-12-22-33)45(35-25-15-9-16-26-35)46(36-27-17-10-18-28-36)44(40)34-23-13-8-14-24-34/h7-18,21-28,31-32H,19-20,29-30H2,1-6H3. The molecule has 8 rings (SSSR count). The Labute approximate surface area is 298 Å². The maximum atomic E-state index is 2.62. The first-order chi connectivity index (χ1) is 24.1. The molecule has 0 aromatic heterocycles. The molecule has 0 amide bonds. The summed E-state index contributed by atoms with van der Waals surface area (Å²) in [5, 5.41) is 5.50. The molecule has 1 aliphatic carbocycles. The highest BCUT2D eigenvalue weighted by molar-refractivity contribution is 6.21. The van der Waals surface area contributed by atoms with E-state index in [1.807, 2.05) is 0 Å². The van der Waals surface area contributed by atoms with E-state index in [-0.39, 0.29) is 10.8 Å². The Balaban J connectivity index is 1.71. The SMILES string of the molecule is CC(C)(C)c1c2c(c(C(C)(C)C)c3cc4c(-c5ccccc5)c(-c5ccccc5)c(-c5ccccc5)c(-c5ccccc5)c4cc13)CCCC2. The second-order valence-electron chi connectivity index (χ2n) is 16.3. The summed E-state index contributed by atoms with van der Waals surface area (Å²) in [6, 6.07) is 49.7. The maximum absolute atomic E-state index is 2.62. The molecule has 0 saturated heterocycles. The Morgan fingerprint density at radius 1 is 0.340 bits per heavy atom. The fraction of sp³-hybridized carbons (Fsp3) is 0.240. The van der Waals surface area contributed by atoms with Gasteiger partial charge in [0.15, 0.2) is 0 Å². The predicted molar refractivity (Wildman–Crippen MR) is 217 cm³/mol. The van der Waals surface area contributed by atoms with Gasteiger partial charge in [-0.1, -0.05) is 163 Å². The van der Waals surface area contributed by atoms with Crippen molar-refractivity contribution in [2.75, 3.05) is 0 Å². The van der Waals surface area contributed by atoms with Crippen LogP contribution < -0.4 is 0 Å². The van der Waals surface area contributed by atoms with Gasteiger partial charge in [0.2, 0.25) is 0 Å². The smallest absolute Gasteiger partial charge is 0.00141 e. The largest absolute Gasteiger partial charge is 0.0622 e. The Kier molecular flexibility index (Phi) is 8.03. The minimum Gasteiger partial charge on any atom is -0.0622 e. The summed E-state index contributed by atoms with van der Waals surface area (Å²) >= 11 is 0. The molecule has 0 nitrogen and oxygen atoms in total. The van der Waals surface area contributed by atoms with Crippen molar-refractivity contribution in [3.63, 3.8) is 0 Å². The lowest BCUT2D eigenvalue weighted by Gasteiger charge is -2.36. The van der Waals surface area contributed by atoms with Crippen molar-refractivity contribution >= 4 is 21.5 Å².